The predicted octanol–water partition coefficient (Wildman–Crippen LogP) is -1.23. The zero-order valence-corrected chi connectivity index (χ0v) is 23.2. The van der Waals surface area contributed by atoms with Gasteiger partial charge in [-0.25, -0.2) is 4.79 Å². The Morgan fingerprint density at radius 1 is 0.875 bits per heavy atom. The number of aliphatic imine (C=N–C) groups is 1. The second-order valence-corrected chi connectivity index (χ2v) is 9.97. The van der Waals surface area contributed by atoms with E-state index in [0.29, 0.717) is 17.7 Å². The fraction of sp³-hybridized carbons (Fsp3) is 0.520. The molecular weight excluding hydrogens is 542 g/mol. The summed E-state index contributed by atoms with van der Waals surface area (Å²) in [5.74, 6) is -4.24. The number of carboxylic acids is 2. The van der Waals surface area contributed by atoms with Gasteiger partial charge in [-0.3, -0.25) is 24.2 Å². The monoisotopic (exact) mass is 581 g/mol. The number of carboxylic acid groups (broad SMARTS) is 2. The van der Waals surface area contributed by atoms with E-state index in [1.54, 1.807) is 30.3 Å². The summed E-state index contributed by atoms with van der Waals surface area (Å²) in [5, 5.41) is 26.2. The Hall–Kier alpha value is -3.85. The topological polar surface area (TPSA) is 252 Å². The molecule has 14 nitrogen and oxygen atoms in total. The van der Waals surface area contributed by atoms with Crippen LogP contribution in [0.2, 0.25) is 0 Å². The number of rotatable bonds is 19. The van der Waals surface area contributed by atoms with E-state index in [1.807, 2.05) is 6.26 Å². The minimum atomic E-state index is -1.29. The third-order valence-electron chi connectivity index (χ3n) is 5.73. The van der Waals surface area contributed by atoms with Gasteiger partial charge >= 0.3 is 11.9 Å². The molecule has 0 aliphatic heterocycles. The van der Waals surface area contributed by atoms with Gasteiger partial charge in [-0.15, -0.1) is 0 Å². The highest BCUT2D eigenvalue weighted by molar-refractivity contribution is 7.98. The van der Waals surface area contributed by atoms with E-state index in [4.69, 9.17) is 22.3 Å². The Bertz CT molecular complexity index is 1020. The Balaban J connectivity index is 3.08. The maximum absolute atomic E-state index is 13.2. The highest BCUT2D eigenvalue weighted by atomic mass is 32.2. The number of aliphatic carboxylic acids is 2. The molecule has 0 aliphatic carbocycles. The summed E-state index contributed by atoms with van der Waals surface area (Å²) >= 11 is 1.49. The minimum absolute atomic E-state index is 0.00179. The van der Waals surface area contributed by atoms with E-state index in [0.717, 1.165) is 0 Å². The van der Waals surface area contributed by atoms with Crippen LogP contribution in [0.1, 0.15) is 37.7 Å². The number of thioether (sulfide) groups is 1. The van der Waals surface area contributed by atoms with Crippen LogP contribution in [0.25, 0.3) is 0 Å². The van der Waals surface area contributed by atoms with Crippen molar-refractivity contribution in [1.82, 2.24) is 16.0 Å². The zero-order valence-electron chi connectivity index (χ0n) is 22.4. The van der Waals surface area contributed by atoms with Gasteiger partial charge in [0.25, 0.3) is 0 Å². The van der Waals surface area contributed by atoms with Gasteiger partial charge in [0.1, 0.15) is 18.1 Å². The van der Waals surface area contributed by atoms with Crippen molar-refractivity contribution < 1.29 is 34.2 Å². The molecule has 1 aromatic carbocycles. The van der Waals surface area contributed by atoms with Crippen LogP contribution >= 0.6 is 11.8 Å². The number of amides is 3. The van der Waals surface area contributed by atoms with Crippen molar-refractivity contribution in [2.24, 2.45) is 22.2 Å². The van der Waals surface area contributed by atoms with Gasteiger partial charge in [0.2, 0.25) is 17.7 Å². The first-order valence-electron chi connectivity index (χ1n) is 12.6. The average molecular weight is 582 g/mol. The Kier molecular flexibility index (Phi) is 15.8. The van der Waals surface area contributed by atoms with Crippen molar-refractivity contribution in [2.75, 3.05) is 18.6 Å². The van der Waals surface area contributed by atoms with Gasteiger partial charge in [0.15, 0.2) is 5.96 Å². The van der Waals surface area contributed by atoms with Gasteiger partial charge in [0, 0.05) is 19.4 Å². The van der Waals surface area contributed by atoms with E-state index in [-0.39, 0.29) is 38.2 Å². The largest absolute Gasteiger partial charge is 0.481 e. The highest BCUT2D eigenvalue weighted by Gasteiger charge is 2.30. The molecule has 0 heterocycles. The summed E-state index contributed by atoms with van der Waals surface area (Å²) in [6.07, 6.45) is 1.78. The summed E-state index contributed by atoms with van der Waals surface area (Å²) in [6, 6.07) is 3.96. The van der Waals surface area contributed by atoms with Crippen LogP contribution in [0.3, 0.4) is 0 Å². The summed E-state index contributed by atoms with van der Waals surface area (Å²) in [7, 11) is 0. The number of benzene rings is 1. The van der Waals surface area contributed by atoms with E-state index >= 15 is 0 Å². The predicted molar refractivity (Wildman–Crippen MR) is 151 cm³/mol. The first-order valence-corrected chi connectivity index (χ1v) is 14.0. The molecule has 0 spiro atoms. The normalized spacial score (nSPS) is 13.7. The van der Waals surface area contributed by atoms with Crippen LogP contribution in [-0.2, 0) is 30.4 Å². The average Bonchev–Trinajstić information content (AvgIpc) is 2.90. The molecule has 0 radical (unpaired) electrons. The van der Waals surface area contributed by atoms with E-state index in [9.17, 15) is 29.1 Å². The molecule has 3 amide bonds. The smallest absolute Gasteiger partial charge is 0.326 e. The molecule has 222 valence electrons. The summed E-state index contributed by atoms with van der Waals surface area (Å²) in [6.45, 7) is 0.137. The fourth-order valence-electron chi connectivity index (χ4n) is 3.56. The number of nitrogens with one attached hydrogen (secondary N) is 3. The maximum Gasteiger partial charge on any atom is 0.326 e. The van der Waals surface area contributed by atoms with Crippen LogP contribution in [-0.4, -0.2) is 88.6 Å². The first-order chi connectivity index (χ1) is 18.9. The number of hydrogen-bond acceptors (Lipinski definition) is 8. The van der Waals surface area contributed by atoms with Crippen molar-refractivity contribution >= 4 is 47.4 Å². The van der Waals surface area contributed by atoms with Crippen molar-refractivity contribution in [3.05, 3.63) is 35.9 Å². The van der Waals surface area contributed by atoms with Crippen LogP contribution in [0, 0.1) is 0 Å². The number of carbonyl (C=O) groups is 5. The summed E-state index contributed by atoms with van der Waals surface area (Å²) < 4.78 is 0. The second-order valence-electron chi connectivity index (χ2n) is 8.98. The Labute approximate surface area is 236 Å². The van der Waals surface area contributed by atoms with Gasteiger partial charge in [0.05, 0.1) is 6.04 Å². The molecule has 15 heteroatoms. The number of hydrogen-bond donors (Lipinski definition) is 8. The molecule has 0 aromatic heterocycles. The molecule has 0 aliphatic rings. The third-order valence-corrected chi connectivity index (χ3v) is 6.37. The zero-order chi connectivity index (χ0) is 30.1. The first kappa shape index (κ1) is 34.2. The molecule has 1 rings (SSSR count). The number of nitrogens with two attached hydrogens (primary N) is 3. The number of carbonyl (C=O) groups excluding carboxylic acids is 3. The lowest BCUT2D eigenvalue weighted by molar-refractivity contribution is -0.142. The van der Waals surface area contributed by atoms with Gasteiger partial charge in [-0.2, -0.15) is 11.8 Å². The van der Waals surface area contributed by atoms with Crippen LogP contribution in [0.4, 0.5) is 0 Å². The molecule has 0 saturated carbocycles. The minimum Gasteiger partial charge on any atom is -0.481 e. The SMILES string of the molecule is CSCCC(N)C(=O)NC(CCC(=O)O)C(=O)NC(CCCN=C(N)N)C(=O)NC(Cc1ccccc1)C(=O)O. The van der Waals surface area contributed by atoms with Gasteiger partial charge < -0.3 is 43.4 Å². The quantitative estimate of drug-likeness (QED) is 0.0545. The highest BCUT2D eigenvalue weighted by Crippen LogP contribution is 2.08. The standard InChI is InChI=1S/C25H39N7O7S/c1-40-13-11-16(26)21(35)30-18(9-10-20(33)34)23(37)31-17(8-5-12-29-25(27)28)22(36)32-19(24(38)39)14-15-6-3-2-4-7-15/h2-4,6-7,16-19H,5,8-14,26H2,1H3,(H,30,35)(H,31,37)(H,32,36)(H,33,34)(H,38,39)(H4,27,28,29). The maximum atomic E-state index is 13.2. The van der Waals surface area contributed by atoms with E-state index in [2.05, 4.69) is 20.9 Å². The van der Waals surface area contributed by atoms with Crippen LogP contribution in [0.5, 0.6) is 0 Å². The van der Waals surface area contributed by atoms with Crippen molar-refractivity contribution in [3.8, 4) is 0 Å². The van der Waals surface area contributed by atoms with E-state index < -0.39 is 60.2 Å². The molecule has 4 unspecified atom stereocenters. The lowest BCUT2D eigenvalue weighted by Crippen LogP contribution is -2.57. The lowest BCUT2D eigenvalue weighted by Gasteiger charge is -2.25. The molecule has 0 fully saturated rings. The number of guanidine groups is 1. The number of nitrogens with zero attached hydrogens (tertiary/aromatic N) is 1. The molecule has 0 bridgehead atoms. The third kappa shape index (κ3) is 13.8. The lowest BCUT2D eigenvalue weighted by atomic mass is 10.0. The Morgan fingerprint density at radius 3 is 2.00 bits per heavy atom. The molecule has 4 atom stereocenters. The van der Waals surface area contributed by atoms with Gasteiger partial charge in [-0.05, 0) is 43.3 Å². The second kappa shape index (κ2) is 18.4. The van der Waals surface area contributed by atoms with Gasteiger partial charge in [-0.1, -0.05) is 30.3 Å². The van der Waals surface area contributed by atoms with E-state index in [1.165, 1.54) is 11.8 Å². The van der Waals surface area contributed by atoms with Crippen molar-refractivity contribution in [2.45, 2.75) is 62.7 Å². The molecule has 11 N–H and O–H groups in total. The van der Waals surface area contributed by atoms with Crippen molar-refractivity contribution in [1.29, 1.82) is 0 Å². The molecule has 1 aromatic rings. The Morgan fingerprint density at radius 2 is 1.45 bits per heavy atom. The van der Waals surface area contributed by atoms with Crippen LogP contribution < -0.4 is 33.2 Å². The van der Waals surface area contributed by atoms with Crippen molar-refractivity contribution in [3.63, 3.8) is 0 Å². The van der Waals surface area contributed by atoms with Crippen LogP contribution in [0.15, 0.2) is 35.3 Å². The summed E-state index contributed by atoms with van der Waals surface area (Å²) in [5.41, 5.74) is 17.2. The molecule has 40 heavy (non-hydrogen) atoms. The molecule has 0 saturated heterocycles. The molecular formula is C25H39N7O7S. The fourth-order valence-corrected chi connectivity index (χ4v) is 4.05. The summed E-state index contributed by atoms with van der Waals surface area (Å²) in [4.78, 5) is 65.8.